The Bertz CT molecular complexity index is 603. The van der Waals surface area contributed by atoms with E-state index in [9.17, 15) is 9.59 Å². The number of imidazole rings is 1. The number of nitrogens with zero attached hydrogens (tertiary/aromatic N) is 4. The third-order valence-corrected chi connectivity index (χ3v) is 5.02. The molecule has 0 N–H and O–H groups in total. The Hall–Kier alpha value is -1.89. The van der Waals surface area contributed by atoms with Gasteiger partial charge in [-0.3, -0.25) is 9.59 Å². The number of fused-ring (bicyclic) bond motifs is 1. The van der Waals surface area contributed by atoms with Gasteiger partial charge in [-0.15, -0.1) is 0 Å². The molecule has 1 saturated heterocycles. The van der Waals surface area contributed by atoms with Crippen LogP contribution in [0.3, 0.4) is 0 Å². The quantitative estimate of drug-likeness (QED) is 0.816. The number of hydrogen-bond acceptors (Lipinski definition) is 4. The Balaban J connectivity index is 1.71. The zero-order chi connectivity index (χ0) is 17.1. The fourth-order valence-electron chi connectivity index (χ4n) is 3.55. The summed E-state index contributed by atoms with van der Waals surface area (Å²) in [5.41, 5.74) is 1.52. The molecule has 3 heterocycles. The first-order chi connectivity index (χ1) is 11.7. The van der Waals surface area contributed by atoms with Gasteiger partial charge in [0.1, 0.15) is 5.69 Å². The van der Waals surface area contributed by atoms with Gasteiger partial charge in [-0.25, -0.2) is 4.98 Å². The van der Waals surface area contributed by atoms with Crippen molar-refractivity contribution in [1.29, 1.82) is 0 Å². The van der Waals surface area contributed by atoms with E-state index in [2.05, 4.69) is 4.98 Å². The minimum absolute atomic E-state index is 0.00768. The topological polar surface area (TPSA) is 67.7 Å². The Morgan fingerprint density at radius 1 is 1.29 bits per heavy atom. The summed E-state index contributed by atoms with van der Waals surface area (Å²) in [6.45, 7) is 8.52. The van der Waals surface area contributed by atoms with E-state index in [0.29, 0.717) is 51.6 Å². The largest absolute Gasteiger partial charge is 0.378 e. The zero-order valence-corrected chi connectivity index (χ0v) is 14.5. The second-order valence-corrected chi connectivity index (χ2v) is 6.34. The molecule has 0 saturated carbocycles. The van der Waals surface area contributed by atoms with Crippen LogP contribution in [0.15, 0.2) is 6.33 Å². The molecule has 1 atom stereocenters. The van der Waals surface area contributed by atoms with Crippen LogP contribution in [0.4, 0.5) is 0 Å². The van der Waals surface area contributed by atoms with Crippen LogP contribution < -0.4 is 0 Å². The van der Waals surface area contributed by atoms with Gasteiger partial charge in [-0.05, 0) is 26.7 Å². The van der Waals surface area contributed by atoms with Gasteiger partial charge in [0.25, 0.3) is 5.91 Å². The number of morpholine rings is 1. The summed E-state index contributed by atoms with van der Waals surface area (Å²) in [6.07, 6.45) is 3.22. The monoisotopic (exact) mass is 334 g/mol. The summed E-state index contributed by atoms with van der Waals surface area (Å²) in [4.78, 5) is 33.3. The molecule has 3 rings (SSSR count). The van der Waals surface area contributed by atoms with E-state index < -0.39 is 0 Å². The lowest BCUT2D eigenvalue weighted by Gasteiger charge is -2.32. The number of aromatic nitrogens is 2. The molecule has 24 heavy (non-hydrogen) atoms. The van der Waals surface area contributed by atoms with Crippen molar-refractivity contribution in [2.45, 2.75) is 33.2 Å². The molecule has 1 aromatic rings. The summed E-state index contributed by atoms with van der Waals surface area (Å²) < 4.78 is 7.30. The molecule has 2 aliphatic heterocycles. The molecule has 1 fully saturated rings. The van der Waals surface area contributed by atoms with Crippen LogP contribution in [0.5, 0.6) is 0 Å². The first kappa shape index (κ1) is 17.0. The summed E-state index contributed by atoms with van der Waals surface area (Å²) in [7, 11) is 0. The SMILES string of the molecule is CCN(CC)C(=O)c1ncn2c1CCC(C(=O)N1CCOCC1)C2. The minimum Gasteiger partial charge on any atom is -0.378 e. The normalized spacial score (nSPS) is 20.6. The minimum atomic E-state index is -0.0267. The van der Waals surface area contributed by atoms with Crippen LogP contribution in [-0.2, 0) is 22.5 Å². The van der Waals surface area contributed by atoms with Crippen molar-refractivity contribution < 1.29 is 14.3 Å². The van der Waals surface area contributed by atoms with Crippen LogP contribution in [0.1, 0.15) is 36.5 Å². The zero-order valence-electron chi connectivity index (χ0n) is 14.5. The van der Waals surface area contributed by atoms with Crippen molar-refractivity contribution >= 4 is 11.8 Å². The summed E-state index contributed by atoms with van der Waals surface area (Å²) in [5, 5.41) is 0. The van der Waals surface area contributed by atoms with Crippen molar-refractivity contribution in [2.75, 3.05) is 39.4 Å². The number of carbonyl (C=O) groups excluding carboxylic acids is 2. The second-order valence-electron chi connectivity index (χ2n) is 6.34. The maximum atomic E-state index is 12.7. The molecule has 0 aliphatic carbocycles. The van der Waals surface area contributed by atoms with Gasteiger partial charge in [0.2, 0.25) is 5.91 Å². The smallest absolute Gasteiger partial charge is 0.274 e. The number of ether oxygens (including phenoxy) is 1. The van der Waals surface area contributed by atoms with Crippen LogP contribution >= 0.6 is 0 Å². The Labute approximate surface area is 142 Å². The van der Waals surface area contributed by atoms with Crippen LogP contribution in [0.25, 0.3) is 0 Å². The number of rotatable bonds is 4. The van der Waals surface area contributed by atoms with Crippen LogP contribution in [0.2, 0.25) is 0 Å². The van der Waals surface area contributed by atoms with E-state index in [-0.39, 0.29) is 17.7 Å². The average Bonchev–Trinajstić information content (AvgIpc) is 3.06. The van der Waals surface area contributed by atoms with Crippen LogP contribution in [-0.4, -0.2) is 70.6 Å². The molecule has 7 heteroatoms. The predicted molar refractivity (Wildman–Crippen MR) is 88.7 cm³/mol. The lowest BCUT2D eigenvalue weighted by molar-refractivity contribution is -0.140. The standard InChI is InChI=1S/C17H26N4O3/c1-3-19(4-2)17(23)15-14-6-5-13(11-21(14)12-18-15)16(22)20-7-9-24-10-8-20/h12-13H,3-11H2,1-2H3. The van der Waals surface area contributed by atoms with Gasteiger partial charge in [0.15, 0.2) is 0 Å². The molecule has 0 radical (unpaired) electrons. The summed E-state index contributed by atoms with van der Waals surface area (Å²) in [5.74, 6) is 0.169. The number of amides is 2. The van der Waals surface area contributed by atoms with Gasteiger partial charge < -0.3 is 19.1 Å². The number of carbonyl (C=O) groups is 2. The van der Waals surface area contributed by atoms with E-state index in [1.807, 2.05) is 23.3 Å². The van der Waals surface area contributed by atoms with Gasteiger partial charge >= 0.3 is 0 Å². The van der Waals surface area contributed by atoms with E-state index in [0.717, 1.165) is 18.5 Å². The van der Waals surface area contributed by atoms with E-state index in [1.165, 1.54) is 0 Å². The highest BCUT2D eigenvalue weighted by Gasteiger charge is 2.32. The maximum Gasteiger partial charge on any atom is 0.274 e. The van der Waals surface area contributed by atoms with Gasteiger partial charge in [0.05, 0.1) is 31.2 Å². The Morgan fingerprint density at radius 3 is 2.67 bits per heavy atom. The van der Waals surface area contributed by atoms with Crippen molar-refractivity contribution in [2.24, 2.45) is 5.92 Å². The molecular formula is C17H26N4O3. The van der Waals surface area contributed by atoms with E-state index in [1.54, 1.807) is 11.2 Å². The first-order valence-corrected chi connectivity index (χ1v) is 8.85. The molecule has 0 spiro atoms. The van der Waals surface area contributed by atoms with Crippen LogP contribution in [0, 0.1) is 5.92 Å². The summed E-state index contributed by atoms with van der Waals surface area (Å²) >= 11 is 0. The average molecular weight is 334 g/mol. The molecule has 0 bridgehead atoms. The molecule has 2 amide bonds. The van der Waals surface area contributed by atoms with Gasteiger partial charge in [-0.1, -0.05) is 0 Å². The highest BCUT2D eigenvalue weighted by atomic mass is 16.5. The lowest BCUT2D eigenvalue weighted by atomic mass is 9.95. The molecule has 0 aromatic carbocycles. The maximum absolute atomic E-state index is 12.7. The van der Waals surface area contributed by atoms with Gasteiger partial charge in [-0.2, -0.15) is 0 Å². The van der Waals surface area contributed by atoms with E-state index in [4.69, 9.17) is 4.74 Å². The predicted octanol–water partition coefficient (Wildman–Crippen LogP) is 0.786. The summed E-state index contributed by atoms with van der Waals surface area (Å²) in [6, 6.07) is 0. The third kappa shape index (κ3) is 3.17. The van der Waals surface area contributed by atoms with Crippen molar-refractivity contribution in [3.8, 4) is 0 Å². The fourth-order valence-corrected chi connectivity index (χ4v) is 3.55. The van der Waals surface area contributed by atoms with Crippen molar-refractivity contribution in [3.05, 3.63) is 17.7 Å². The molecule has 132 valence electrons. The fraction of sp³-hybridized carbons (Fsp3) is 0.706. The van der Waals surface area contributed by atoms with Crippen molar-refractivity contribution in [1.82, 2.24) is 19.4 Å². The van der Waals surface area contributed by atoms with Crippen molar-refractivity contribution in [3.63, 3.8) is 0 Å². The Morgan fingerprint density at radius 2 is 2.00 bits per heavy atom. The highest BCUT2D eigenvalue weighted by molar-refractivity contribution is 5.93. The third-order valence-electron chi connectivity index (χ3n) is 5.02. The second kappa shape index (κ2) is 7.34. The highest BCUT2D eigenvalue weighted by Crippen LogP contribution is 2.25. The van der Waals surface area contributed by atoms with E-state index >= 15 is 0 Å². The molecular weight excluding hydrogens is 308 g/mol. The molecule has 1 aromatic heterocycles. The molecule has 7 nitrogen and oxygen atoms in total. The molecule has 1 unspecified atom stereocenters. The lowest BCUT2D eigenvalue weighted by Crippen LogP contribution is -2.45. The van der Waals surface area contributed by atoms with Gasteiger partial charge in [0, 0.05) is 32.7 Å². The number of hydrogen-bond donors (Lipinski definition) is 0. The molecule has 2 aliphatic rings. The Kier molecular flexibility index (Phi) is 5.18. The first-order valence-electron chi connectivity index (χ1n) is 8.85.